The molecule has 0 aliphatic rings. The monoisotopic (exact) mass is 549 g/mol. The number of sulfonamides is 1. The minimum absolute atomic E-state index is 0.0463. The Labute approximate surface area is 220 Å². The van der Waals surface area contributed by atoms with Gasteiger partial charge < -0.3 is 10.1 Å². The summed E-state index contributed by atoms with van der Waals surface area (Å²) in [6.45, 7) is 8.69. The van der Waals surface area contributed by atoms with E-state index in [1.807, 2.05) is 0 Å². The number of carbonyl (C=O) groups excluding carboxylic acids is 1. The number of nitro benzene ring substituents is 1. The molecule has 0 spiro atoms. The molecule has 1 heterocycles. The van der Waals surface area contributed by atoms with E-state index < -0.39 is 37.5 Å². The maximum atomic E-state index is 13.2. The number of non-ortho nitro benzene ring substituents is 1. The van der Waals surface area contributed by atoms with Gasteiger partial charge in [-0.3, -0.25) is 14.9 Å². The normalized spacial score (nSPS) is 12.4. The molecule has 13 heteroatoms. The number of nitrogens with one attached hydrogen (secondary N) is 2. The molecule has 0 saturated heterocycles. The lowest BCUT2D eigenvalue weighted by molar-refractivity contribution is -0.385. The number of hydrogen-bond donors (Lipinski definition) is 2. The van der Waals surface area contributed by atoms with Gasteiger partial charge in [0.05, 0.1) is 10.6 Å². The molecule has 1 amide bonds. The van der Waals surface area contributed by atoms with Crippen LogP contribution in [-0.4, -0.2) is 41.1 Å². The molecule has 1 unspecified atom stereocenters. The SMILES string of the molecule is CCC(C)NS(=O)(=O)c1cc([N+](=O)[O-])ccc1Oc1c(C)c(C(=O)NC(C)C)nn1-c1cccc(Cl)c1. The van der Waals surface area contributed by atoms with Gasteiger partial charge in [-0.2, -0.15) is 9.78 Å². The molecule has 3 aromatic rings. The summed E-state index contributed by atoms with van der Waals surface area (Å²) in [5.41, 5.74) is 0.426. The number of nitrogens with zero attached hydrogens (tertiary/aromatic N) is 3. The summed E-state index contributed by atoms with van der Waals surface area (Å²) < 4.78 is 36.3. The van der Waals surface area contributed by atoms with Crippen molar-refractivity contribution in [2.75, 3.05) is 0 Å². The first-order valence-corrected chi connectivity index (χ1v) is 13.3. The molecule has 2 N–H and O–H groups in total. The van der Waals surface area contributed by atoms with Crippen LogP contribution in [0.25, 0.3) is 5.69 Å². The number of amides is 1. The predicted octanol–water partition coefficient (Wildman–Crippen LogP) is 4.75. The summed E-state index contributed by atoms with van der Waals surface area (Å²) in [6, 6.07) is 9.32. The van der Waals surface area contributed by atoms with Gasteiger partial charge >= 0.3 is 0 Å². The molecule has 2 aromatic carbocycles. The van der Waals surface area contributed by atoms with Crippen LogP contribution in [0.1, 0.15) is 50.2 Å². The fourth-order valence-electron chi connectivity index (χ4n) is 3.35. The first kappa shape index (κ1) is 28.1. The van der Waals surface area contributed by atoms with Crippen LogP contribution in [0.3, 0.4) is 0 Å². The lowest BCUT2D eigenvalue weighted by Gasteiger charge is -2.16. The van der Waals surface area contributed by atoms with Crippen molar-refractivity contribution in [3.05, 3.63) is 68.9 Å². The molecular weight excluding hydrogens is 522 g/mol. The topological polar surface area (TPSA) is 145 Å². The van der Waals surface area contributed by atoms with Crippen molar-refractivity contribution in [2.24, 2.45) is 0 Å². The van der Waals surface area contributed by atoms with Crippen molar-refractivity contribution < 1.29 is 22.9 Å². The second kappa shape index (κ2) is 11.3. The molecular formula is C24H28ClN5O6S. The molecule has 37 heavy (non-hydrogen) atoms. The zero-order valence-electron chi connectivity index (χ0n) is 21.0. The van der Waals surface area contributed by atoms with Crippen LogP contribution in [0.2, 0.25) is 5.02 Å². The summed E-state index contributed by atoms with van der Waals surface area (Å²) in [5.74, 6) is -0.582. The zero-order valence-corrected chi connectivity index (χ0v) is 22.6. The maximum Gasteiger partial charge on any atom is 0.272 e. The van der Waals surface area contributed by atoms with E-state index in [4.69, 9.17) is 16.3 Å². The van der Waals surface area contributed by atoms with E-state index in [9.17, 15) is 23.3 Å². The Bertz CT molecular complexity index is 1440. The van der Waals surface area contributed by atoms with Crippen LogP contribution in [0.5, 0.6) is 11.6 Å². The third-order valence-electron chi connectivity index (χ3n) is 5.36. The van der Waals surface area contributed by atoms with Crippen LogP contribution in [0.15, 0.2) is 47.4 Å². The summed E-state index contributed by atoms with van der Waals surface area (Å²) >= 11 is 6.17. The zero-order chi connectivity index (χ0) is 27.5. The lowest BCUT2D eigenvalue weighted by Crippen LogP contribution is -2.32. The van der Waals surface area contributed by atoms with Gasteiger partial charge in [-0.25, -0.2) is 13.1 Å². The highest BCUT2D eigenvalue weighted by Gasteiger charge is 2.28. The highest BCUT2D eigenvalue weighted by atomic mass is 35.5. The first-order chi connectivity index (χ1) is 17.3. The lowest BCUT2D eigenvalue weighted by atomic mass is 10.2. The number of ether oxygens (including phenoxy) is 1. The predicted molar refractivity (Wildman–Crippen MR) is 139 cm³/mol. The summed E-state index contributed by atoms with van der Waals surface area (Å²) in [6.07, 6.45) is 0.499. The number of nitro groups is 1. The number of benzene rings is 2. The quantitative estimate of drug-likeness (QED) is 0.274. The Balaban J connectivity index is 2.22. The summed E-state index contributed by atoms with van der Waals surface area (Å²) in [7, 11) is -4.21. The number of aromatic nitrogens is 2. The second-order valence-electron chi connectivity index (χ2n) is 8.72. The highest BCUT2D eigenvalue weighted by Crippen LogP contribution is 2.36. The minimum atomic E-state index is -4.21. The Hall–Kier alpha value is -3.48. The molecule has 0 radical (unpaired) electrons. The Morgan fingerprint density at radius 1 is 1.22 bits per heavy atom. The van der Waals surface area contributed by atoms with Crippen molar-refractivity contribution in [1.82, 2.24) is 19.8 Å². The molecule has 0 aliphatic carbocycles. The first-order valence-electron chi connectivity index (χ1n) is 11.5. The highest BCUT2D eigenvalue weighted by molar-refractivity contribution is 7.89. The molecule has 11 nitrogen and oxygen atoms in total. The van der Waals surface area contributed by atoms with Crippen molar-refractivity contribution >= 4 is 33.2 Å². The van der Waals surface area contributed by atoms with Crippen LogP contribution >= 0.6 is 11.6 Å². The van der Waals surface area contributed by atoms with Crippen LogP contribution in [-0.2, 0) is 10.0 Å². The van der Waals surface area contributed by atoms with Crippen molar-refractivity contribution in [1.29, 1.82) is 0 Å². The van der Waals surface area contributed by atoms with Gasteiger partial charge in [-0.15, -0.1) is 0 Å². The fourth-order valence-corrected chi connectivity index (χ4v) is 5.01. The van der Waals surface area contributed by atoms with E-state index in [0.29, 0.717) is 22.7 Å². The second-order valence-corrected chi connectivity index (χ2v) is 10.8. The van der Waals surface area contributed by atoms with Crippen LogP contribution in [0.4, 0.5) is 5.69 Å². The maximum absolute atomic E-state index is 13.2. The van der Waals surface area contributed by atoms with Crippen molar-refractivity contribution in [2.45, 2.75) is 58.0 Å². The summed E-state index contributed by atoms with van der Waals surface area (Å²) in [4.78, 5) is 23.1. The number of halogens is 1. The number of hydrogen-bond acceptors (Lipinski definition) is 7. The van der Waals surface area contributed by atoms with Crippen molar-refractivity contribution in [3.63, 3.8) is 0 Å². The van der Waals surface area contributed by atoms with E-state index in [1.165, 1.54) is 10.7 Å². The van der Waals surface area contributed by atoms with E-state index in [2.05, 4.69) is 15.1 Å². The van der Waals surface area contributed by atoms with Gasteiger partial charge in [-0.1, -0.05) is 24.6 Å². The van der Waals surface area contributed by atoms with Crippen molar-refractivity contribution in [3.8, 4) is 17.3 Å². The largest absolute Gasteiger partial charge is 0.437 e. The average Bonchev–Trinajstić information content (AvgIpc) is 3.14. The third kappa shape index (κ3) is 6.45. The standard InChI is InChI=1S/C24H28ClN5O6S/c1-6-15(4)28-37(34,35)21-13-19(30(32)33)10-11-20(21)36-24-16(5)22(23(31)26-14(2)3)27-29(24)18-9-7-8-17(25)12-18/h7-15,28H,6H2,1-5H3,(H,26,31). The molecule has 0 fully saturated rings. The fraction of sp³-hybridized carbons (Fsp3) is 0.333. The Kier molecular flexibility index (Phi) is 8.57. The van der Waals surface area contributed by atoms with E-state index in [-0.39, 0.29) is 23.4 Å². The molecule has 1 atom stereocenters. The third-order valence-corrected chi connectivity index (χ3v) is 7.20. The molecule has 0 saturated carbocycles. The molecule has 1 aromatic heterocycles. The molecule has 198 valence electrons. The Morgan fingerprint density at radius 2 is 1.92 bits per heavy atom. The molecule has 3 rings (SSSR count). The Morgan fingerprint density at radius 3 is 2.51 bits per heavy atom. The van der Waals surface area contributed by atoms with E-state index in [0.717, 1.165) is 12.1 Å². The van der Waals surface area contributed by atoms with Crippen LogP contribution < -0.4 is 14.8 Å². The van der Waals surface area contributed by atoms with E-state index >= 15 is 0 Å². The van der Waals surface area contributed by atoms with Gasteiger partial charge in [0, 0.05) is 34.8 Å². The van der Waals surface area contributed by atoms with Crippen LogP contribution in [0, 0.1) is 17.0 Å². The van der Waals surface area contributed by atoms with Gasteiger partial charge in [0.1, 0.15) is 10.6 Å². The molecule has 0 aliphatic heterocycles. The number of carbonyl (C=O) groups is 1. The van der Waals surface area contributed by atoms with Gasteiger partial charge in [-0.05, 0) is 58.4 Å². The smallest absolute Gasteiger partial charge is 0.272 e. The van der Waals surface area contributed by atoms with Gasteiger partial charge in [0.15, 0.2) is 5.69 Å². The molecule has 0 bridgehead atoms. The van der Waals surface area contributed by atoms with Gasteiger partial charge in [0.25, 0.3) is 11.6 Å². The van der Waals surface area contributed by atoms with E-state index in [1.54, 1.807) is 58.9 Å². The number of rotatable bonds is 10. The average molecular weight is 550 g/mol. The summed E-state index contributed by atoms with van der Waals surface area (Å²) in [5, 5.41) is 19.0. The minimum Gasteiger partial charge on any atom is -0.437 e. The van der Waals surface area contributed by atoms with Gasteiger partial charge in [0.2, 0.25) is 15.9 Å².